The molecule has 0 heterocycles. The Morgan fingerprint density at radius 1 is 1.46 bits per heavy atom. The molecule has 0 aliphatic heterocycles. The molecule has 13 heavy (non-hydrogen) atoms. The molecule has 0 atom stereocenters. The Morgan fingerprint density at radius 3 is 2.62 bits per heavy atom. The number of benzene rings is 1. The average Bonchev–Trinajstić information content (AvgIpc) is 2.08. The van der Waals surface area contributed by atoms with Gasteiger partial charge >= 0.3 is 0 Å². The van der Waals surface area contributed by atoms with E-state index in [4.69, 9.17) is 11.0 Å². The summed E-state index contributed by atoms with van der Waals surface area (Å²) in [6.45, 7) is 4.23. The molecule has 0 bridgehead atoms. The van der Waals surface area contributed by atoms with Crippen molar-refractivity contribution in [3.05, 3.63) is 23.8 Å². The molecule has 2 nitrogen and oxygen atoms in total. The van der Waals surface area contributed by atoms with Crippen molar-refractivity contribution in [1.29, 1.82) is 5.26 Å². The van der Waals surface area contributed by atoms with Crippen LogP contribution in [0.3, 0.4) is 0 Å². The predicted molar refractivity (Wildman–Crippen MR) is 56.6 cm³/mol. The topological polar surface area (TPSA) is 49.8 Å². The molecule has 0 aromatic heterocycles. The summed E-state index contributed by atoms with van der Waals surface area (Å²) < 4.78 is 0. The van der Waals surface area contributed by atoms with Gasteiger partial charge in [-0.05, 0) is 18.2 Å². The summed E-state index contributed by atoms with van der Waals surface area (Å²) in [5, 5.41) is 9.13. The number of thioether (sulfide) groups is 1. The van der Waals surface area contributed by atoms with Crippen molar-refractivity contribution >= 4 is 17.4 Å². The molecule has 0 aliphatic rings. The van der Waals surface area contributed by atoms with Gasteiger partial charge in [-0.3, -0.25) is 0 Å². The van der Waals surface area contributed by atoms with Gasteiger partial charge in [0.1, 0.15) is 0 Å². The molecule has 0 spiro atoms. The number of hydrogen-bond donors (Lipinski definition) is 1. The van der Waals surface area contributed by atoms with Gasteiger partial charge < -0.3 is 5.73 Å². The van der Waals surface area contributed by atoms with Gasteiger partial charge in [0.2, 0.25) is 0 Å². The van der Waals surface area contributed by atoms with Crippen LogP contribution in [0.1, 0.15) is 19.4 Å². The number of nitriles is 1. The number of anilines is 1. The Balaban J connectivity index is 2.93. The second kappa shape index (κ2) is 4.20. The quantitative estimate of drug-likeness (QED) is 0.579. The van der Waals surface area contributed by atoms with Crippen LogP contribution in [-0.2, 0) is 0 Å². The summed E-state index contributed by atoms with van der Waals surface area (Å²) in [7, 11) is 0. The standard InChI is InChI=1S/C10H12N2S/c1-7(2)13-10-4-3-8(6-11)5-9(10)12/h3-5,7H,12H2,1-2H3. The summed E-state index contributed by atoms with van der Waals surface area (Å²) in [6, 6.07) is 7.47. The maximum Gasteiger partial charge on any atom is 0.0992 e. The fraction of sp³-hybridized carbons (Fsp3) is 0.300. The van der Waals surface area contributed by atoms with Crippen LogP contribution in [-0.4, -0.2) is 5.25 Å². The number of nitrogens with two attached hydrogens (primary N) is 1. The molecule has 0 radical (unpaired) electrons. The molecule has 0 unspecified atom stereocenters. The zero-order valence-corrected chi connectivity index (χ0v) is 8.56. The molecule has 0 saturated carbocycles. The van der Waals surface area contributed by atoms with Gasteiger partial charge in [-0.1, -0.05) is 13.8 Å². The Kier molecular flexibility index (Phi) is 3.21. The molecule has 1 rings (SSSR count). The van der Waals surface area contributed by atoms with E-state index >= 15 is 0 Å². The molecular formula is C10H12N2S. The highest BCUT2D eigenvalue weighted by atomic mass is 32.2. The number of nitrogen functional groups attached to an aromatic ring is 1. The second-order valence-corrected chi connectivity index (χ2v) is 4.65. The van der Waals surface area contributed by atoms with E-state index in [1.165, 1.54) is 0 Å². The number of nitrogens with zero attached hydrogens (tertiary/aromatic N) is 1. The largest absolute Gasteiger partial charge is 0.398 e. The molecular weight excluding hydrogens is 180 g/mol. The molecule has 0 fully saturated rings. The Morgan fingerprint density at radius 2 is 2.15 bits per heavy atom. The first-order valence-electron chi connectivity index (χ1n) is 4.09. The summed E-state index contributed by atoms with van der Waals surface area (Å²) >= 11 is 1.71. The Bertz CT molecular complexity index is 339. The van der Waals surface area contributed by atoms with Gasteiger partial charge in [0.05, 0.1) is 11.6 Å². The lowest BCUT2D eigenvalue weighted by Crippen LogP contribution is -1.93. The minimum Gasteiger partial charge on any atom is -0.398 e. The van der Waals surface area contributed by atoms with Crippen LogP contribution in [0.15, 0.2) is 23.1 Å². The van der Waals surface area contributed by atoms with Gasteiger partial charge in [0.15, 0.2) is 0 Å². The van der Waals surface area contributed by atoms with E-state index in [1.807, 2.05) is 6.07 Å². The van der Waals surface area contributed by atoms with E-state index < -0.39 is 0 Å². The van der Waals surface area contributed by atoms with Crippen molar-refractivity contribution in [1.82, 2.24) is 0 Å². The zero-order chi connectivity index (χ0) is 9.84. The van der Waals surface area contributed by atoms with E-state index in [0.717, 1.165) is 4.90 Å². The highest BCUT2D eigenvalue weighted by Gasteiger charge is 2.03. The van der Waals surface area contributed by atoms with Crippen LogP contribution in [0.4, 0.5) is 5.69 Å². The van der Waals surface area contributed by atoms with Crippen molar-refractivity contribution in [3.8, 4) is 6.07 Å². The average molecular weight is 192 g/mol. The Hall–Kier alpha value is -1.14. The molecule has 0 aliphatic carbocycles. The van der Waals surface area contributed by atoms with Crippen LogP contribution < -0.4 is 5.73 Å². The van der Waals surface area contributed by atoms with E-state index in [2.05, 4.69) is 19.9 Å². The SMILES string of the molecule is CC(C)Sc1ccc(C#N)cc1N. The van der Waals surface area contributed by atoms with Gasteiger partial charge in [0, 0.05) is 15.8 Å². The number of rotatable bonds is 2. The monoisotopic (exact) mass is 192 g/mol. The van der Waals surface area contributed by atoms with Gasteiger partial charge in [-0.25, -0.2) is 0 Å². The van der Waals surface area contributed by atoms with Crippen LogP contribution in [0.5, 0.6) is 0 Å². The fourth-order valence-corrected chi connectivity index (χ4v) is 1.83. The predicted octanol–water partition coefficient (Wildman–Crippen LogP) is 2.64. The van der Waals surface area contributed by atoms with Crippen LogP contribution in [0.2, 0.25) is 0 Å². The second-order valence-electron chi connectivity index (χ2n) is 3.03. The minimum absolute atomic E-state index is 0.509. The van der Waals surface area contributed by atoms with E-state index in [-0.39, 0.29) is 0 Å². The fourth-order valence-electron chi connectivity index (χ4n) is 0.979. The Labute approximate surface area is 82.7 Å². The third kappa shape index (κ3) is 2.67. The third-order valence-electron chi connectivity index (χ3n) is 1.50. The molecule has 1 aromatic rings. The van der Waals surface area contributed by atoms with Gasteiger partial charge in [-0.15, -0.1) is 11.8 Å². The highest BCUT2D eigenvalue weighted by Crippen LogP contribution is 2.28. The molecule has 68 valence electrons. The lowest BCUT2D eigenvalue weighted by atomic mass is 10.2. The van der Waals surface area contributed by atoms with E-state index in [9.17, 15) is 0 Å². The maximum absolute atomic E-state index is 8.62. The first-order chi connectivity index (χ1) is 6.13. The van der Waals surface area contributed by atoms with Gasteiger partial charge in [-0.2, -0.15) is 5.26 Å². The zero-order valence-electron chi connectivity index (χ0n) is 7.74. The molecule has 3 heteroatoms. The first kappa shape index (κ1) is 9.94. The smallest absolute Gasteiger partial charge is 0.0992 e. The van der Waals surface area contributed by atoms with E-state index in [0.29, 0.717) is 16.5 Å². The molecule has 2 N–H and O–H groups in total. The number of hydrogen-bond acceptors (Lipinski definition) is 3. The molecule has 0 saturated heterocycles. The van der Waals surface area contributed by atoms with Crippen LogP contribution >= 0.6 is 11.8 Å². The molecule has 1 aromatic carbocycles. The van der Waals surface area contributed by atoms with Crippen molar-refractivity contribution in [2.24, 2.45) is 0 Å². The summed E-state index contributed by atoms with van der Waals surface area (Å²) in [6.07, 6.45) is 0. The summed E-state index contributed by atoms with van der Waals surface area (Å²) in [5.41, 5.74) is 7.08. The third-order valence-corrected chi connectivity index (χ3v) is 2.60. The van der Waals surface area contributed by atoms with Crippen LogP contribution in [0, 0.1) is 11.3 Å². The van der Waals surface area contributed by atoms with Crippen LogP contribution in [0.25, 0.3) is 0 Å². The van der Waals surface area contributed by atoms with Crippen molar-refractivity contribution < 1.29 is 0 Å². The maximum atomic E-state index is 8.62. The van der Waals surface area contributed by atoms with Crippen molar-refractivity contribution in [2.75, 3.05) is 5.73 Å². The highest BCUT2D eigenvalue weighted by molar-refractivity contribution is 8.00. The van der Waals surface area contributed by atoms with Crippen molar-refractivity contribution in [3.63, 3.8) is 0 Å². The lowest BCUT2D eigenvalue weighted by Gasteiger charge is -2.07. The van der Waals surface area contributed by atoms with Crippen molar-refractivity contribution in [2.45, 2.75) is 24.0 Å². The van der Waals surface area contributed by atoms with Gasteiger partial charge in [0.25, 0.3) is 0 Å². The normalized spacial score (nSPS) is 10.0. The lowest BCUT2D eigenvalue weighted by molar-refractivity contribution is 1.11. The minimum atomic E-state index is 0.509. The summed E-state index contributed by atoms with van der Waals surface area (Å²) in [4.78, 5) is 1.05. The first-order valence-corrected chi connectivity index (χ1v) is 4.97. The molecule has 0 amide bonds. The summed E-state index contributed by atoms with van der Waals surface area (Å²) in [5.74, 6) is 0. The van der Waals surface area contributed by atoms with E-state index in [1.54, 1.807) is 23.9 Å².